The number of nitrogens with zero attached hydrogens (tertiary/aromatic N) is 2. The van der Waals surface area contributed by atoms with Gasteiger partial charge in [-0.3, -0.25) is 10.3 Å². The molecule has 0 saturated heterocycles. The summed E-state index contributed by atoms with van der Waals surface area (Å²) in [6.07, 6.45) is 0. The lowest BCUT2D eigenvalue weighted by Crippen LogP contribution is -2.39. The number of nitrogens with one attached hydrogen (secondary N) is 2. The lowest BCUT2D eigenvalue weighted by molar-refractivity contribution is 0.256. The second-order valence-corrected chi connectivity index (χ2v) is 7.81. The number of carbonyl (C=O) groups is 1. The van der Waals surface area contributed by atoms with E-state index in [2.05, 4.69) is 10.6 Å². The fourth-order valence-corrected chi connectivity index (χ4v) is 3.87. The highest BCUT2D eigenvalue weighted by Crippen LogP contribution is 2.36. The van der Waals surface area contributed by atoms with E-state index in [0.717, 1.165) is 17.0 Å². The second-order valence-electron chi connectivity index (χ2n) is 7.38. The molecule has 33 heavy (non-hydrogen) atoms. The number of amides is 2. The van der Waals surface area contributed by atoms with Gasteiger partial charge in [-0.15, -0.1) is 0 Å². The van der Waals surface area contributed by atoms with Gasteiger partial charge in [0, 0.05) is 16.4 Å². The van der Waals surface area contributed by atoms with Gasteiger partial charge in [-0.25, -0.2) is 9.79 Å². The Morgan fingerprint density at radius 3 is 2.30 bits per heavy atom. The maximum atomic E-state index is 12.9. The Morgan fingerprint density at radius 1 is 0.879 bits per heavy atom. The summed E-state index contributed by atoms with van der Waals surface area (Å²) in [5.74, 6) is 1.21. The summed E-state index contributed by atoms with van der Waals surface area (Å²) in [5.41, 5.74) is 3.59. The van der Waals surface area contributed by atoms with E-state index < -0.39 is 11.9 Å². The first-order valence-electron chi connectivity index (χ1n) is 10.3. The minimum atomic E-state index is -0.436. The van der Waals surface area contributed by atoms with Gasteiger partial charge in [0.25, 0.3) is 0 Å². The predicted octanol–water partition coefficient (Wildman–Crippen LogP) is 6.10. The summed E-state index contributed by atoms with van der Waals surface area (Å²) in [7, 11) is 3.17. The number of rotatable bonds is 4. The number of ether oxygens (including phenoxy) is 2. The standard InChI is InChI=1S/C25H23ClN4O3/c1-15-23(16-11-12-21(32-2)22(13-16)33-3)24(29-20-10-5-4-9-19(20)27-15)30-25(31)28-18-8-6-7-17(26)14-18/h4-14,23H,1-3H3,(H2,28,29,30,31)/t23-/m1/s1. The number of carbonyl (C=O) groups excluding carboxylic acids is 1. The molecule has 0 radical (unpaired) electrons. The summed E-state index contributed by atoms with van der Waals surface area (Å²) in [5, 5.41) is 6.25. The molecule has 168 valence electrons. The normalized spacial score (nSPS) is 14.8. The van der Waals surface area contributed by atoms with E-state index >= 15 is 0 Å². The van der Waals surface area contributed by atoms with Crippen LogP contribution in [-0.4, -0.2) is 31.8 Å². The Morgan fingerprint density at radius 2 is 1.61 bits per heavy atom. The highest BCUT2D eigenvalue weighted by Gasteiger charge is 2.27. The Labute approximate surface area is 197 Å². The number of benzene rings is 3. The number of hydrogen-bond acceptors (Lipinski definition) is 5. The largest absolute Gasteiger partial charge is 0.493 e. The van der Waals surface area contributed by atoms with E-state index in [1.165, 1.54) is 0 Å². The van der Waals surface area contributed by atoms with E-state index in [-0.39, 0.29) is 0 Å². The number of aliphatic imine (C=N–C) groups is 2. The monoisotopic (exact) mass is 462 g/mol. The molecule has 7 nitrogen and oxygen atoms in total. The molecule has 3 aromatic carbocycles. The summed E-state index contributed by atoms with van der Waals surface area (Å²) in [4.78, 5) is 22.5. The van der Waals surface area contributed by atoms with Gasteiger partial charge in [-0.2, -0.15) is 0 Å². The van der Waals surface area contributed by atoms with Crippen LogP contribution >= 0.6 is 11.6 Å². The molecule has 4 rings (SSSR count). The van der Waals surface area contributed by atoms with Crippen molar-refractivity contribution in [3.63, 3.8) is 0 Å². The average Bonchev–Trinajstić information content (AvgIpc) is 2.93. The van der Waals surface area contributed by atoms with E-state index in [9.17, 15) is 4.79 Å². The third-order valence-corrected chi connectivity index (χ3v) is 5.41. The van der Waals surface area contributed by atoms with E-state index in [1.807, 2.05) is 49.4 Å². The third-order valence-electron chi connectivity index (χ3n) is 5.18. The Hall–Kier alpha value is -3.84. The maximum absolute atomic E-state index is 12.9. The van der Waals surface area contributed by atoms with Crippen LogP contribution in [0.15, 0.2) is 76.7 Å². The van der Waals surface area contributed by atoms with Gasteiger partial charge in [0.1, 0.15) is 5.84 Å². The third kappa shape index (κ3) is 4.99. The summed E-state index contributed by atoms with van der Waals surface area (Å²) in [6.45, 7) is 1.91. The molecule has 3 aromatic rings. The zero-order valence-electron chi connectivity index (χ0n) is 18.4. The number of methoxy groups -OCH3 is 2. The van der Waals surface area contributed by atoms with Crippen molar-refractivity contribution >= 4 is 46.2 Å². The lowest BCUT2D eigenvalue weighted by Gasteiger charge is -2.21. The molecule has 0 unspecified atom stereocenters. The number of halogens is 1. The van der Waals surface area contributed by atoms with E-state index in [4.69, 9.17) is 31.1 Å². The molecule has 0 aliphatic carbocycles. The average molecular weight is 463 g/mol. The van der Waals surface area contributed by atoms with Gasteiger partial charge < -0.3 is 14.8 Å². The molecule has 0 saturated carbocycles. The van der Waals surface area contributed by atoms with E-state index in [1.54, 1.807) is 38.5 Å². The molecule has 1 aliphatic heterocycles. The first kappa shape index (κ1) is 22.4. The van der Waals surface area contributed by atoms with Crippen molar-refractivity contribution in [2.24, 2.45) is 9.98 Å². The number of amidine groups is 1. The molecule has 1 aliphatic rings. The smallest absolute Gasteiger partial charge is 0.324 e. The molecule has 0 spiro atoms. The van der Waals surface area contributed by atoms with Gasteiger partial charge in [-0.1, -0.05) is 35.9 Å². The minimum Gasteiger partial charge on any atom is -0.493 e. The van der Waals surface area contributed by atoms with Crippen LogP contribution < -0.4 is 20.1 Å². The molecule has 2 N–H and O–H groups in total. The highest BCUT2D eigenvalue weighted by molar-refractivity contribution is 6.31. The number of para-hydroxylation sites is 2. The molecule has 1 atom stereocenters. The number of urea groups is 1. The van der Waals surface area contributed by atoms with Crippen LogP contribution in [0.25, 0.3) is 0 Å². The van der Waals surface area contributed by atoms with Crippen LogP contribution in [0.5, 0.6) is 11.5 Å². The molecular weight excluding hydrogens is 440 g/mol. The van der Waals surface area contributed by atoms with Crippen molar-refractivity contribution in [3.05, 3.63) is 77.3 Å². The second kappa shape index (κ2) is 9.75. The highest BCUT2D eigenvalue weighted by atomic mass is 35.5. The van der Waals surface area contributed by atoms with Gasteiger partial charge in [0.2, 0.25) is 0 Å². The lowest BCUT2D eigenvalue weighted by atomic mass is 9.93. The fourth-order valence-electron chi connectivity index (χ4n) is 3.68. The van der Waals surface area contributed by atoms with Gasteiger partial charge in [-0.05, 0) is 55.0 Å². The van der Waals surface area contributed by atoms with Crippen molar-refractivity contribution in [3.8, 4) is 11.5 Å². The van der Waals surface area contributed by atoms with Crippen LogP contribution in [0.1, 0.15) is 18.4 Å². The summed E-state index contributed by atoms with van der Waals surface area (Å²) in [6, 6.07) is 19.6. The SMILES string of the molecule is COc1ccc([C@H]2C(C)=Nc3ccccc3N=C2NC(=O)Nc2cccc(Cl)c2)cc1OC. The quantitative estimate of drug-likeness (QED) is 0.491. The summed E-state index contributed by atoms with van der Waals surface area (Å²) < 4.78 is 10.9. The van der Waals surface area contributed by atoms with Crippen molar-refractivity contribution in [2.45, 2.75) is 12.8 Å². The number of fused-ring (bicyclic) bond motifs is 1. The Bertz CT molecular complexity index is 1260. The van der Waals surface area contributed by atoms with Gasteiger partial charge in [0.15, 0.2) is 11.5 Å². The van der Waals surface area contributed by atoms with Crippen LogP contribution in [0.4, 0.5) is 21.9 Å². The van der Waals surface area contributed by atoms with Crippen LogP contribution in [0.2, 0.25) is 5.02 Å². The first-order chi connectivity index (χ1) is 16.0. The molecule has 2 amide bonds. The molecule has 0 fully saturated rings. The number of anilines is 1. The van der Waals surface area contributed by atoms with Gasteiger partial charge in [0.05, 0.1) is 31.5 Å². The molecule has 8 heteroatoms. The zero-order valence-corrected chi connectivity index (χ0v) is 19.2. The zero-order chi connectivity index (χ0) is 23.4. The molecule has 0 bridgehead atoms. The topological polar surface area (TPSA) is 84.3 Å². The fraction of sp³-hybridized carbons (Fsp3) is 0.160. The minimum absolute atomic E-state index is 0.415. The van der Waals surface area contributed by atoms with Crippen LogP contribution in [0, 0.1) is 0 Å². The Balaban J connectivity index is 1.74. The van der Waals surface area contributed by atoms with Crippen molar-refractivity contribution in [1.82, 2.24) is 5.32 Å². The molecule has 0 aromatic heterocycles. The van der Waals surface area contributed by atoms with Crippen molar-refractivity contribution in [1.29, 1.82) is 0 Å². The van der Waals surface area contributed by atoms with E-state index in [0.29, 0.717) is 33.7 Å². The maximum Gasteiger partial charge on any atom is 0.324 e. The first-order valence-corrected chi connectivity index (χ1v) is 10.6. The van der Waals surface area contributed by atoms with Crippen molar-refractivity contribution < 1.29 is 14.3 Å². The summed E-state index contributed by atoms with van der Waals surface area (Å²) >= 11 is 6.04. The molecule has 1 heterocycles. The van der Waals surface area contributed by atoms with Crippen LogP contribution in [-0.2, 0) is 0 Å². The predicted molar refractivity (Wildman–Crippen MR) is 132 cm³/mol. The van der Waals surface area contributed by atoms with Crippen LogP contribution in [0.3, 0.4) is 0 Å². The van der Waals surface area contributed by atoms with Gasteiger partial charge >= 0.3 is 6.03 Å². The number of hydrogen-bond donors (Lipinski definition) is 2. The van der Waals surface area contributed by atoms with Crippen molar-refractivity contribution in [2.75, 3.05) is 19.5 Å². The molecular formula is C25H23ClN4O3. The Kier molecular flexibility index (Phi) is 6.60.